The minimum absolute atomic E-state index is 0.0169. The third-order valence-electron chi connectivity index (χ3n) is 4.56. The van der Waals surface area contributed by atoms with E-state index >= 15 is 0 Å². The fourth-order valence-corrected chi connectivity index (χ4v) is 2.93. The molecule has 0 bridgehead atoms. The number of hydrogen-bond donors (Lipinski definition) is 2. The van der Waals surface area contributed by atoms with Gasteiger partial charge >= 0.3 is 0 Å². The van der Waals surface area contributed by atoms with Gasteiger partial charge in [-0.05, 0) is 13.0 Å². The van der Waals surface area contributed by atoms with Crippen molar-refractivity contribution in [3.8, 4) is 0 Å². The molecule has 2 atom stereocenters. The van der Waals surface area contributed by atoms with E-state index in [2.05, 4.69) is 0 Å². The van der Waals surface area contributed by atoms with E-state index in [1.54, 1.807) is 60.7 Å². The highest BCUT2D eigenvalue weighted by atomic mass is 16.3. The first kappa shape index (κ1) is 16.9. The molecule has 0 heterocycles. The Morgan fingerprint density at radius 2 is 1.48 bits per heavy atom. The van der Waals surface area contributed by atoms with Gasteiger partial charge in [-0.2, -0.15) is 0 Å². The lowest BCUT2D eigenvalue weighted by Crippen LogP contribution is -2.48. The van der Waals surface area contributed by atoms with Crippen molar-refractivity contribution >= 4 is 17.3 Å². The second kappa shape index (κ2) is 6.49. The number of ketones is 2. The van der Waals surface area contributed by atoms with Crippen LogP contribution in [0, 0.1) is 5.41 Å². The number of Topliss-reactive ketones (excluding diaryl/α,β-unsaturated/α-hetero) is 2. The fourth-order valence-electron chi connectivity index (χ4n) is 2.93. The predicted octanol–water partition coefficient (Wildman–Crippen LogP) is 3.34. The minimum Gasteiger partial charge on any atom is -0.507 e. The Labute approximate surface area is 145 Å². The SMILES string of the molecule is CC1(C(=O)c2ccccc2)C(=O)C(=C(O)c2ccccc2)C=CC1O. The van der Waals surface area contributed by atoms with Crippen LogP contribution >= 0.6 is 0 Å². The molecule has 0 aromatic heterocycles. The van der Waals surface area contributed by atoms with E-state index in [1.807, 2.05) is 0 Å². The van der Waals surface area contributed by atoms with Gasteiger partial charge in [-0.25, -0.2) is 0 Å². The highest BCUT2D eigenvalue weighted by molar-refractivity contribution is 6.23. The maximum Gasteiger partial charge on any atom is 0.183 e. The molecule has 0 spiro atoms. The van der Waals surface area contributed by atoms with Crippen LogP contribution in [-0.4, -0.2) is 27.9 Å². The van der Waals surface area contributed by atoms with Crippen LogP contribution in [0.25, 0.3) is 5.76 Å². The summed E-state index contributed by atoms with van der Waals surface area (Å²) in [4.78, 5) is 26.0. The van der Waals surface area contributed by atoms with Gasteiger partial charge in [-0.3, -0.25) is 9.59 Å². The first-order valence-electron chi connectivity index (χ1n) is 7.96. The first-order chi connectivity index (χ1) is 12.0. The average molecular weight is 334 g/mol. The summed E-state index contributed by atoms with van der Waals surface area (Å²) in [5.74, 6) is -1.29. The van der Waals surface area contributed by atoms with E-state index in [9.17, 15) is 19.8 Å². The van der Waals surface area contributed by atoms with Crippen molar-refractivity contribution in [2.45, 2.75) is 13.0 Å². The number of carbonyl (C=O) groups is 2. The van der Waals surface area contributed by atoms with Crippen LogP contribution in [0.2, 0.25) is 0 Å². The summed E-state index contributed by atoms with van der Waals surface area (Å²) >= 11 is 0. The zero-order chi connectivity index (χ0) is 18.0. The Morgan fingerprint density at radius 1 is 0.960 bits per heavy atom. The summed E-state index contributed by atoms with van der Waals surface area (Å²) in [6.45, 7) is 1.41. The predicted molar refractivity (Wildman–Crippen MR) is 95.0 cm³/mol. The third kappa shape index (κ3) is 2.81. The molecule has 3 rings (SSSR count). The van der Waals surface area contributed by atoms with E-state index in [0.29, 0.717) is 11.1 Å². The van der Waals surface area contributed by atoms with Crippen molar-refractivity contribution in [3.63, 3.8) is 0 Å². The summed E-state index contributed by atoms with van der Waals surface area (Å²) in [6.07, 6.45) is 1.48. The number of aliphatic hydroxyl groups excluding tert-OH is 2. The molecule has 0 radical (unpaired) electrons. The van der Waals surface area contributed by atoms with Crippen molar-refractivity contribution in [2.75, 3.05) is 0 Å². The van der Waals surface area contributed by atoms with Gasteiger partial charge in [0.05, 0.1) is 11.7 Å². The molecule has 2 aromatic carbocycles. The van der Waals surface area contributed by atoms with E-state index in [-0.39, 0.29) is 11.3 Å². The summed E-state index contributed by atoms with van der Waals surface area (Å²) in [6, 6.07) is 17.0. The van der Waals surface area contributed by atoms with E-state index in [1.165, 1.54) is 19.1 Å². The third-order valence-corrected chi connectivity index (χ3v) is 4.56. The van der Waals surface area contributed by atoms with Crippen molar-refractivity contribution in [3.05, 3.63) is 89.5 Å². The van der Waals surface area contributed by atoms with Gasteiger partial charge in [0.15, 0.2) is 11.6 Å². The van der Waals surface area contributed by atoms with Crippen LogP contribution in [0.5, 0.6) is 0 Å². The number of hydrogen-bond acceptors (Lipinski definition) is 4. The maximum atomic E-state index is 13.0. The van der Waals surface area contributed by atoms with Crippen LogP contribution < -0.4 is 0 Å². The Bertz CT molecular complexity index is 865. The largest absolute Gasteiger partial charge is 0.507 e. The molecule has 4 nitrogen and oxygen atoms in total. The van der Waals surface area contributed by atoms with Gasteiger partial charge < -0.3 is 10.2 Å². The lowest BCUT2D eigenvalue weighted by atomic mass is 9.68. The second-order valence-corrected chi connectivity index (χ2v) is 6.16. The Morgan fingerprint density at radius 3 is 2.04 bits per heavy atom. The lowest BCUT2D eigenvalue weighted by Gasteiger charge is -2.33. The molecule has 2 aromatic rings. The summed E-state index contributed by atoms with van der Waals surface area (Å²) < 4.78 is 0. The summed E-state index contributed by atoms with van der Waals surface area (Å²) in [5, 5.41) is 20.9. The number of aliphatic hydroxyl groups is 2. The maximum absolute atomic E-state index is 13.0. The molecule has 25 heavy (non-hydrogen) atoms. The van der Waals surface area contributed by atoms with E-state index < -0.39 is 23.1 Å². The Hall–Kier alpha value is -2.98. The van der Waals surface area contributed by atoms with Crippen LogP contribution in [0.15, 0.2) is 78.4 Å². The monoisotopic (exact) mass is 334 g/mol. The first-order valence-corrected chi connectivity index (χ1v) is 7.96. The topological polar surface area (TPSA) is 74.6 Å². The van der Waals surface area contributed by atoms with Crippen molar-refractivity contribution in [2.24, 2.45) is 5.41 Å². The van der Waals surface area contributed by atoms with Crippen LogP contribution in [-0.2, 0) is 4.79 Å². The summed E-state index contributed by atoms with van der Waals surface area (Å²) in [7, 11) is 0. The minimum atomic E-state index is -1.69. The molecule has 0 fully saturated rings. The molecular formula is C21H18O4. The second-order valence-electron chi connectivity index (χ2n) is 6.16. The number of carbonyl (C=O) groups excluding carboxylic acids is 2. The molecule has 2 unspecified atom stereocenters. The van der Waals surface area contributed by atoms with E-state index in [0.717, 1.165) is 0 Å². The molecular weight excluding hydrogens is 316 g/mol. The van der Waals surface area contributed by atoms with Gasteiger partial charge in [0, 0.05) is 11.1 Å². The molecule has 0 aliphatic heterocycles. The van der Waals surface area contributed by atoms with Gasteiger partial charge in [0.25, 0.3) is 0 Å². The van der Waals surface area contributed by atoms with Gasteiger partial charge in [-0.15, -0.1) is 0 Å². The molecule has 1 aliphatic rings. The normalized spacial score (nSPS) is 24.9. The van der Waals surface area contributed by atoms with Gasteiger partial charge in [0.1, 0.15) is 11.2 Å². The van der Waals surface area contributed by atoms with Crippen molar-refractivity contribution in [1.29, 1.82) is 0 Å². The highest BCUT2D eigenvalue weighted by Crippen LogP contribution is 2.37. The van der Waals surface area contributed by atoms with Crippen molar-refractivity contribution in [1.82, 2.24) is 0 Å². The summed E-state index contributed by atoms with van der Waals surface area (Å²) in [5.41, 5.74) is -0.857. The molecule has 4 heteroatoms. The number of rotatable bonds is 3. The average Bonchev–Trinajstić information content (AvgIpc) is 2.66. The molecule has 1 aliphatic carbocycles. The standard InChI is InChI=1S/C21H18O4/c1-21(19(24)15-10-6-3-7-11-15)17(22)13-12-16(20(21)25)18(23)14-8-4-2-5-9-14/h2-13,17,22-23H,1H3. The number of benzene rings is 2. The van der Waals surface area contributed by atoms with Crippen molar-refractivity contribution < 1.29 is 19.8 Å². The lowest BCUT2D eigenvalue weighted by molar-refractivity contribution is -0.125. The molecule has 0 amide bonds. The van der Waals surface area contributed by atoms with Crippen LogP contribution in [0.4, 0.5) is 0 Å². The fraction of sp³-hybridized carbons (Fsp3) is 0.143. The Balaban J connectivity index is 2.09. The highest BCUT2D eigenvalue weighted by Gasteiger charge is 2.50. The zero-order valence-corrected chi connectivity index (χ0v) is 13.7. The Kier molecular flexibility index (Phi) is 4.38. The van der Waals surface area contributed by atoms with Crippen LogP contribution in [0.3, 0.4) is 0 Å². The molecule has 0 saturated carbocycles. The van der Waals surface area contributed by atoms with E-state index in [4.69, 9.17) is 0 Å². The van der Waals surface area contributed by atoms with Gasteiger partial charge in [-0.1, -0.05) is 66.7 Å². The molecule has 2 N–H and O–H groups in total. The van der Waals surface area contributed by atoms with Crippen LogP contribution in [0.1, 0.15) is 22.8 Å². The van der Waals surface area contributed by atoms with Gasteiger partial charge in [0.2, 0.25) is 0 Å². The zero-order valence-electron chi connectivity index (χ0n) is 13.7. The smallest absolute Gasteiger partial charge is 0.183 e. The molecule has 126 valence electrons. The quantitative estimate of drug-likeness (QED) is 0.391. The molecule has 0 saturated heterocycles. The number of allylic oxidation sites excluding steroid dienone is 2.